The van der Waals surface area contributed by atoms with E-state index in [9.17, 15) is 14.7 Å². The summed E-state index contributed by atoms with van der Waals surface area (Å²) in [6.07, 6.45) is -0.276. The van der Waals surface area contributed by atoms with Crippen LogP contribution in [0.2, 0.25) is 5.02 Å². The van der Waals surface area contributed by atoms with Gasteiger partial charge < -0.3 is 19.9 Å². The van der Waals surface area contributed by atoms with E-state index in [0.717, 1.165) is 0 Å². The molecule has 0 aliphatic heterocycles. The number of hydrogen-bond acceptors (Lipinski definition) is 4. The molecule has 0 unspecified atom stereocenters. The zero-order valence-corrected chi connectivity index (χ0v) is 14.5. The van der Waals surface area contributed by atoms with Crippen LogP contribution in [0.15, 0.2) is 42.5 Å². The molecule has 0 aromatic heterocycles. The van der Waals surface area contributed by atoms with Gasteiger partial charge in [-0.05, 0) is 35.9 Å². The summed E-state index contributed by atoms with van der Waals surface area (Å²) in [5.41, 5.74) is 0.943. The van der Waals surface area contributed by atoms with Gasteiger partial charge in [0, 0.05) is 10.6 Å². The van der Waals surface area contributed by atoms with Gasteiger partial charge in [-0.3, -0.25) is 9.59 Å². The average Bonchev–Trinajstić information content (AvgIpc) is 2.60. The first-order valence-electron chi connectivity index (χ1n) is 7.44. The van der Waals surface area contributed by atoms with E-state index in [2.05, 4.69) is 5.32 Å². The zero-order valence-electron chi connectivity index (χ0n) is 13.8. The molecule has 25 heavy (non-hydrogen) atoms. The largest absolute Gasteiger partial charge is 0.493 e. The van der Waals surface area contributed by atoms with Crippen LogP contribution >= 0.6 is 11.6 Å². The van der Waals surface area contributed by atoms with Gasteiger partial charge in [-0.2, -0.15) is 0 Å². The second-order valence-corrected chi connectivity index (χ2v) is 5.69. The van der Waals surface area contributed by atoms with Gasteiger partial charge in [0.1, 0.15) is 0 Å². The van der Waals surface area contributed by atoms with Crippen LogP contribution in [0.4, 0.5) is 0 Å². The van der Waals surface area contributed by atoms with Gasteiger partial charge in [-0.15, -0.1) is 0 Å². The zero-order chi connectivity index (χ0) is 18.4. The summed E-state index contributed by atoms with van der Waals surface area (Å²) in [5, 5.41) is 12.3. The molecule has 2 aromatic carbocycles. The summed E-state index contributed by atoms with van der Waals surface area (Å²) >= 11 is 5.90. The van der Waals surface area contributed by atoms with E-state index in [0.29, 0.717) is 27.6 Å². The lowest BCUT2D eigenvalue weighted by atomic mass is 10.0. The fourth-order valence-corrected chi connectivity index (χ4v) is 2.56. The monoisotopic (exact) mass is 363 g/mol. The van der Waals surface area contributed by atoms with Crippen LogP contribution in [-0.2, 0) is 4.79 Å². The molecule has 0 spiro atoms. The van der Waals surface area contributed by atoms with E-state index in [1.54, 1.807) is 36.4 Å². The van der Waals surface area contributed by atoms with E-state index in [-0.39, 0.29) is 6.42 Å². The highest BCUT2D eigenvalue weighted by Crippen LogP contribution is 2.31. The minimum atomic E-state index is -1.04. The fourth-order valence-electron chi connectivity index (χ4n) is 2.37. The highest BCUT2D eigenvalue weighted by molar-refractivity contribution is 6.30. The number of amides is 1. The Morgan fingerprint density at radius 1 is 1.12 bits per heavy atom. The van der Waals surface area contributed by atoms with Crippen LogP contribution in [0, 0.1) is 0 Å². The molecule has 0 bridgehead atoms. The Morgan fingerprint density at radius 3 is 2.44 bits per heavy atom. The maximum atomic E-state index is 12.4. The van der Waals surface area contributed by atoms with Crippen molar-refractivity contribution >= 4 is 23.5 Å². The summed E-state index contributed by atoms with van der Waals surface area (Å²) in [6.45, 7) is 0. The minimum absolute atomic E-state index is 0.276. The molecular weight excluding hydrogens is 346 g/mol. The highest BCUT2D eigenvalue weighted by Gasteiger charge is 2.20. The van der Waals surface area contributed by atoms with Crippen molar-refractivity contribution in [2.45, 2.75) is 12.5 Å². The second-order valence-electron chi connectivity index (χ2n) is 5.25. The molecule has 2 rings (SSSR count). The number of halogens is 1. The number of nitrogens with one attached hydrogen (secondary N) is 1. The summed E-state index contributed by atoms with van der Waals surface area (Å²) in [4.78, 5) is 23.6. The topological polar surface area (TPSA) is 84.9 Å². The lowest BCUT2D eigenvalue weighted by molar-refractivity contribution is -0.137. The first-order chi connectivity index (χ1) is 11.9. The smallest absolute Gasteiger partial charge is 0.305 e. The van der Waals surface area contributed by atoms with Gasteiger partial charge in [0.2, 0.25) is 0 Å². The molecule has 6 nitrogen and oxygen atoms in total. The maximum absolute atomic E-state index is 12.4. The third kappa shape index (κ3) is 4.87. The Morgan fingerprint density at radius 2 is 1.84 bits per heavy atom. The SMILES string of the molecule is COc1ccc([C@H](CC(=O)O)NC(=O)c2cccc(Cl)c2)cc1OC. The van der Waals surface area contributed by atoms with Crippen molar-refractivity contribution in [1.29, 1.82) is 0 Å². The second kappa shape index (κ2) is 8.39. The molecule has 2 aromatic rings. The lowest BCUT2D eigenvalue weighted by Crippen LogP contribution is -2.30. The number of aliphatic carboxylic acids is 1. The van der Waals surface area contributed by atoms with Crippen LogP contribution in [-0.4, -0.2) is 31.2 Å². The molecule has 0 radical (unpaired) electrons. The van der Waals surface area contributed by atoms with Crippen molar-refractivity contribution in [2.24, 2.45) is 0 Å². The number of carboxylic acid groups (broad SMARTS) is 1. The van der Waals surface area contributed by atoms with Crippen LogP contribution in [0.5, 0.6) is 11.5 Å². The number of hydrogen-bond donors (Lipinski definition) is 2. The average molecular weight is 364 g/mol. The van der Waals surface area contributed by atoms with Crippen molar-refractivity contribution in [3.63, 3.8) is 0 Å². The number of carboxylic acids is 1. The number of benzene rings is 2. The number of carbonyl (C=O) groups excluding carboxylic acids is 1. The van der Waals surface area contributed by atoms with Gasteiger partial charge in [-0.1, -0.05) is 23.7 Å². The van der Waals surface area contributed by atoms with E-state index < -0.39 is 17.9 Å². The van der Waals surface area contributed by atoms with Gasteiger partial charge in [0.15, 0.2) is 11.5 Å². The third-order valence-corrected chi connectivity index (χ3v) is 3.82. The van der Waals surface area contributed by atoms with Crippen molar-refractivity contribution in [3.05, 3.63) is 58.6 Å². The Hall–Kier alpha value is -2.73. The molecule has 0 heterocycles. The summed E-state index contributed by atoms with van der Waals surface area (Å²) in [6, 6.07) is 10.7. The van der Waals surface area contributed by atoms with Crippen molar-refractivity contribution in [3.8, 4) is 11.5 Å². The van der Waals surface area contributed by atoms with Gasteiger partial charge in [0.25, 0.3) is 5.91 Å². The molecule has 0 fully saturated rings. The molecule has 0 aliphatic rings. The van der Waals surface area contributed by atoms with E-state index >= 15 is 0 Å². The number of ether oxygens (including phenoxy) is 2. The van der Waals surface area contributed by atoms with Crippen LogP contribution in [0.25, 0.3) is 0 Å². The highest BCUT2D eigenvalue weighted by atomic mass is 35.5. The normalized spacial score (nSPS) is 11.5. The van der Waals surface area contributed by atoms with Crippen molar-refractivity contribution in [2.75, 3.05) is 14.2 Å². The van der Waals surface area contributed by atoms with Crippen molar-refractivity contribution < 1.29 is 24.2 Å². The standard InChI is InChI=1S/C18H18ClNO5/c1-24-15-7-6-11(9-16(15)25-2)14(10-17(21)22)20-18(23)12-4-3-5-13(19)8-12/h3-9,14H,10H2,1-2H3,(H,20,23)(H,21,22)/t14-/m0/s1. The van der Waals surface area contributed by atoms with E-state index in [1.807, 2.05) is 0 Å². The van der Waals surface area contributed by atoms with E-state index in [4.69, 9.17) is 21.1 Å². The molecule has 0 saturated heterocycles. The Kier molecular flexibility index (Phi) is 6.25. The van der Waals surface area contributed by atoms with Gasteiger partial charge in [0.05, 0.1) is 26.7 Å². The quantitative estimate of drug-likeness (QED) is 0.788. The van der Waals surface area contributed by atoms with Crippen molar-refractivity contribution in [1.82, 2.24) is 5.32 Å². The molecule has 0 saturated carbocycles. The van der Waals surface area contributed by atoms with Gasteiger partial charge in [-0.25, -0.2) is 0 Å². The summed E-state index contributed by atoms with van der Waals surface area (Å²) in [7, 11) is 2.99. The predicted molar refractivity (Wildman–Crippen MR) is 93.5 cm³/mol. The molecule has 2 N–H and O–H groups in total. The Labute approximate surface area is 150 Å². The molecule has 1 atom stereocenters. The van der Waals surface area contributed by atoms with E-state index in [1.165, 1.54) is 20.3 Å². The molecule has 7 heteroatoms. The minimum Gasteiger partial charge on any atom is -0.493 e. The van der Waals surface area contributed by atoms with Crippen LogP contribution in [0.3, 0.4) is 0 Å². The number of carbonyl (C=O) groups is 2. The molecule has 1 amide bonds. The van der Waals surface area contributed by atoms with Gasteiger partial charge >= 0.3 is 5.97 Å². The number of rotatable bonds is 7. The van der Waals surface area contributed by atoms with Crippen LogP contribution < -0.4 is 14.8 Å². The summed E-state index contributed by atoms with van der Waals surface area (Å²) < 4.78 is 10.4. The fraction of sp³-hybridized carbons (Fsp3) is 0.222. The first kappa shape index (κ1) is 18.6. The third-order valence-electron chi connectivity index (χ3n) is 3.58. The molecule has 132 valence electrons. The summed E-state index contributed by atoms with van der Waals surface area (Å²) in [5.74, 6) is -0.483. The molecular formula is C18H18ClNO5. The molecule has 0 aliphatic carbocycles. The Bertz CT molecular complexity index is 778. The van der Waals surface area contributed by atoms with Crippen LogP contribution in [0.1, 0.15) is 28.4 Å². The maximum Gasteiger partial charge on any atom is 0.305 e. The first-order valence-corrected chi connectivity index (χ1v) is 7.82. The predicted octanol–water partition coefficient (Wildman–Crippen LogP) is 3.30. The Balaban J connectivity index is 2.30. The number of methoxy groups -OCH3 is 2. The lowest BCUT2D eigenvalue weighted by Gasteiger charge is -2.19.